The number of ether oxygens (including phenoxy) is 1. The highest BCUT2D eigenvalue weighted by molar-refractivity contribution is 5.88. The standard InChI is InChI=1S/C27H34O4/c1-19(2)31-18-26(30)13-14-27(16-20-7-4-3-5-8-20)23(17-26)10-6-9-21-15-22(25(28)29)11-12-24(21)27/h3-5,7-8,11-12,15,19,23,30H,6,9-10,13-14,16-18H2,1-2H3,(H,28,29)/t23-,26+,27-/m1/s1. The summed E-state index contributed by atoms with van der Waals surface area (Å²) in [5.41, 5.74) is 3.24. The maximum atomic E-state index is 11.6. The van der Waals surface area contributed by atoms with Crippen molar-refractivity contribution in [1.29, 1.82) is 0 Å². The lowest BCUT2D eigenvalue weighted by Crippen LogP contribution is -2.51. The van der Waals surface area contributed by atoms with Gasteiger partial charge < -0.3 is 14.9 Å². The zero-order valence-electron chi connectivity index (χ0n) is 18.6. The molecule has 4 nitrogen and oxygen atoms in total. The van der Waals surface area contributed by atoms with Gasteiger partial charge in [-0.05, 0) is 93.5 Å². The van der Waals surface area contributed by atoms with Gasteiger partial charge in [-0.2, -0.15) is 0 Å². The normalized spacial score (nSPS) is 27.9. The van der Waals surface area contributed by atoms with Gasteiger partial charge in [-0.15, -0.1) is 0 Å². The van der Waals surface area contributed by atoms with Crippen molar-refractivity contribution in [3.8, 4) is 0 Å². The fourth-order valence-electron chi connectivity index (χ4n) is 5.85. The molecule has 0 spiro atoms. The van der Waals surface area contributed by atoms with Gasteiger partial charge in [0.15, 0.2) is 0 Å². The van der Waals surface area contributed by atoms with Gasteiger partial charge in [0.1, 0.15) is 0 Å². The molecule has 3 atom stereocenters. The van der Waals surface area contributed by atoms with Gasteiger partial charge in [0.2, 0.25) is 0 Å². The Morgan fingerprint density at radius 3 is 2.65 bits per heavy atom. The third kappa shape index (κ3) is 4.56. The molecule has 0 unspecified atom stereocenters. The first-order valence-corrected chi connectivity index (χ1v) is 11.6. The second-order valence-electron chi connectivity index (χ2n) is 9.87. The first-order valence-electron chi connectivity index (χ1n) is 11.6. The van der Waals surface area contributed by atoms with Crippen molar-refractivity contribution >= 4 is 5.97 Å². The van der Waals surface area contributed by atoms with Gasteiger partial charge in [0, 0.05) is 5.41 Å². The molecule has 2 aliphatic carbocycles. The van der Waals surface area contributed by atoms with E-state index in [-0.39, 0.29) is 11.5 Å². The Kier molecular flexibility index (Phi) is 6.23. The van der Waals surface area contributed by atoms with Crippen molar-refractivity contribution in [3.63, 3.8) is 0 Å². The summed E-state index contributed by atoms with van der Waals surface area (Å²) in [4.78, 5) is 11.6. The Morgan fingerprint density at radius 1 is 1.16 bits per heavy atom. The lowest BCUT2D eigenvalue weighted by atomic mass is 9.56. The average molecular weight is 423 g/mol. The lowest BCUT2D eigenvalue weighted by molar-refractivity contribution is -0.110. The van der Waals surface area contributed by atoms with Crippen molar-refractivity contribution in [3.05, 3.63) is 70.8 Å². The Labute approximate surface area is 185 Å². The molecule has 1 saturated carbocycles. The minimum Gasteiger partial charge on any atom is -0.478 e. The Balaban J connectivity index is 1.75. The largest absolute Gasteiger partial charge is 0.478 e. The van der Waals surface area contributed by atoms with Crippen LogP contribution in [-0.2, 0) is 23.0 Å². The van der Waals surface area contributed by atoms with E-state index in [1.807, 2.05) is 26.0 Å². The Bertz CT molecular complexity index is 922. The maximum Gasteiger partial charge on any atom is 0.335 e. The maximum absolute atomic E-state index is 11.6. The van der Waals surface area contributed by atoms with Crippen LogP contribution in [0.25, 0.3) is 0 Å². The average Bonchev–Trinajstić information content (AvgIpc) is 2.89. The van der Waals surface area contributed by atoms with Crippen LogP contribution in [0.4, 0.5) is 0 Å². The van der Waals surface area contributed by atoms with Crippen LogP contribution in [0.15, 0.2) is 48.5 Å². The van der Waals surface area contributed by atoms with E-state index in [1.54, 1.807) is 6.07 Å². The second-order valence-corrected chi connectivity index (χ2v) is 9.87. The highest BCUT2D eigenvalue weighted by atomic mass is 16.5. The summed E-state index contributed by atoms with van der Waals surface area (Å²) in [6, 6.07) is 16.3. The SMILES string of the molecule is CC(C)OC[C@]1(O)CC[C@]2(Cc3ccccc3)c3ccc(C(=O)O)cc3CCC[C@@H]2C1. The van der Waals surface area contributed by atoms with Gasteiger partial charge in [-0.25, -0.2) is 4.79 Å². The summed E-state index contributed by atoms with van der Waals surface area (Å²) in [7, 11) is 0. The number of hydrogen-bond acceptors (Lipinski definition) is 3. The number of aliphatic hydroxyl groups is 1. The van der Waals surface area contributed by atoms with Gasteiger partial charge in [-0.1, -0.05) is 36.4 Å². The van der Waals surface area contributed by atoms with Crippen LogP contribution in [0.3, 0.4) is 0 Å². The van der Waals surface area contributed by atoms with E-state index in [2.05, 4.69) is 30.3 Å². The first-order chi connectivity index (χ1) is 14.8. The van der Waals surface area contributed by atoms with E-state index < -0.39 is 11.6 Å². The van der Waals surface area contributed by atoms with E-state index in [0.717, 1.165) is 38.5 Å². The predicted octanol–water partition coefficient (Wildman–Crippen LogP) is 5.16. The van der Waals surface area contributed by atoms with Crippen LogP contribution in [0.1, 0.15) is 73.0 Å². The minimum absolute atomic E-state index is 0.0890. The smallest absolute Gasteiger partial charge is 0.335 e. The zero-order valence-corrected chi connectivity index (χ0v) is 18.6. The van der Waals surface area contributed by atoms with Crippen molar-refractivity contribution in [2.45, 2.75) is 75.9 Å². The molecule has 0 radical (unpaired) electrons. The zero-order chi connectivity index (χ0) is 22.1. The van der Waals surface area contributed by atoms with E-state index in [0.29, 0.717) is 24.5 Å². The third-order valence-corrected chi connectivity index (χ3v) is 7.38. The summed E-state index contributed by atoms with van der Waals surface area (Å²) in [5, 5.41) is 20.9. The topological polar surface area (TPSA) is 66.8 Å². The fraction of sp³-hybridized carbons (Fsp3) is 0.519. The number of benzene rings is 2. The number of aromatic carboxylic acids is 1. The Hall–Kier alpha value is -2.17. The third-order valence-electron chi connectivity index (χ3n) is 7.38. The van der Waals surface area contributed by atoms with Crippen LogP contribution in [0.2, 0.25) is 0 Å². The summed E-state index contributed by atoms with van der Waals surface area (Å²) in [5.74, 6) is -0.538. The van der Waals surface area contributed by atoms with E-state index in [4.69, 9.17) is 4.74 Å². The van der Waals surface area contributed by atoms with Gasteiger partial charge >= 0.3 is 5.97 Å². The number of carboxylic acids is 1. The molecule has 2 aliphatic rings. The molecule has 0 aromatic heterocycles. The molecule has 31 heavy (non-hydrogen) atoms. The fourth-order valence-corrected chi connectivity index (χ4v) is 5.85. The van der Waals surface area contributed by atoms with E-state index in [1.165, 1.54) is 16.7 Å². The van der Waals surface area contributed by atoms with Crippen molar-refractivity contribution in [2.24, 2.45) is 5.92 Å². The quantitative estimate of drug-likeness (QED) is 0.675. The van der Waals surface area contributed by atoms with Crippen LogP contribution in [0, 0.1) is 5.92 Å². The summed E-state index contributed by atoms with van der Waals surface area (Å²) >= 11 is 0. The molecule has 0 bridgehead atoms. The monoisotopic (exact) mass is 422 g/mol. The number of carbonyl (C=O) groups is 1. The van der Waals surface area contributed by atoms with E-state index >= 15 is 0 Å². The number of rotatable bonds is 6. The summed E-state index contributed by atoms with van der Waals surface area (Å²) in [6.45, 7) is 4.40. The summed E-state index contributed by atoms with van der Waals surface area (Å²) < 4.78 is 5.84. The lowest BCUT2D eigenvalue weighted by Gasteiger charge is -2.50. The molecule has 0 saturated heterocycles. The molecule has 4 heteroatoms. The second kappa shape index (κ2) is 8.76. The highest BCUT2D eigenvalue weighted by Gasteiger charge is 2.50. The molecule has 2 aromatic rings. The minimum atomic E-state index is -0.871. The summed E-state index contributed by atoms with van der Waals surface area (Å²) in [6.07, 6.45) is 6.26. The number of carboxylic acid groups (broad SMARTS) is 1. The van der Waals surface area contributed by atoms with Crippen LogP contribution in [0.5, 0.6) is 0 Å². The first kappa shape index (κ1) is 22.0. The number of aryl methyl sites for hydroxylation is 1. The molecule has 4 rings (SSSR count). The van der Waals surface area contributed by atoms with E-state index in [9.17, 15) is 15.0 Å². The van der Waals surface area contributed by atoms with Gasteiger partial charge in [0.05, 0.1) is 23.9 Å². The molecular weight excluding hydrogens is 388 g/mol. The van der Waals surface area contributed by atoms with Gasteiger partial charge in [-0.3, -0.25) is 0 Å². The Morgan fingerprint density at radius 2 is 1.94 bits per heavy atom. The molecule has 166 valence electrons. The molecule has 2 N–H and O–H groups in total. The van der Waals surface area contributed by atoms with Crippen LogP contribution >= 0.6 is 0 Å². The predicted molar refractivity (Wildman–Crippen MR) is 122 cm³/mol. The molecule has 0 aliphatic heterocycles. The van der Waals surface area contributed by atoms with Gasteiger partial charge in [0.25, 0.3) is 0 Å². The van der Waals surface area contributed by atoms with Crippen molar-refractivity contribution in [2.75, 3.05) is 6.61 Å². The van der Waals surface area contributed by atoms with Crippen molar-refractivity contribution < 1.29 is 19.7 Å². The molecule has 2 aromatic carbocycles. The number of fused-ring (bicyclic) bond motifs is 3. The van der Waals surface area contributed by atoms with Crippen molar-refractivity contribution in [1.82, 2.24) is 0 Å². The molecule has 0 amide bonds. The molecular formula is C27H34O4. The molecule has 0 heterocycles. The highest BCUT2D eigenvalue weighted by Crippen LogP contribution is 2.53. The molecule has 1 fully saturated rings. The van der Waals surface area contributed by atoms with Crippen LogP contribution < -0.4 is 0 Å². The van der Waals surface area contributed by atoms with Crippen LogP contribution in [-0.4, -0.2) is 34.5 Å². The number of hydrogen-bond donors (Lipinski definition) is 2.